The van der Waals surface area contributed by atoms with Gasteiger partial charge in [-0.05, 0) is 162 Å². The number of likely N-dealkylation sites (tertiary alicyclic amines) is 1. The molecule has 8 aromatic rings. The summed E-state index contributed by atoms with van der Waals surface area (Å²) in [5, 5.41) is 55.9. The van der Waals surface area contributed by atoms with Gasteiger partial charge in [0.05, 0.1) is 104 Å². The number of hydrogen-bond donors (Lipinski definition) is 5. The van der Waals surface area contributed by atoms with Gasteiger partial charge in [-0.1, -0.05) is 6.42 Å². The van der Waals surface area contributed by atoms with Crippen LogP contribution in [0.4, 0.5) is 63.5 Å². The molecule has 0 spiro atoms. The maximum Gasteiger partial charge on any atom is 0.363 e. The van der Waals surface area contributed by atoms with E-state index < -0.39 is 33.1 Å². The minimum Gasteiger partial charge on any atom is -0.486 e. The predicted octanol–water partition coefficient (Wildman–Crippen LogP) is 8.91. The van der Waals surface area contributed by atoms with E-state index in [4.69, 9.17) is 47.2 Å². The highest BCUT2D eigenvalue weighted by Crippen LogP contribution is 2.41. The number of anilines is 6. The smallest absolute Gasteiger partial charge is 0.363 e. The number of piperidine rings is 1. The molecule has 0 amide bonds. The summed E-state index contributed by atoms with van der Waals surface area (Å²) in [6.45, 7) is 27.5. The second-order valence-electron chi connectivity index (χ2n) is 27.3. The molecule has 12 heterocycles. The van der Waals surface area contributed by atoms with Crippen molar-refractivity contribution < 1.29 is 57.3 Å². The number of nitrogens with two attached hydrogens (primary N) is 1. The number of pyridine rings is 4. The molecule has 30 nitrogen and oxygen atoms in total. The van der Waals surface area contributed by atoms with E-state index in [1.165, 1.54) is 62.8 Å². The zero-order valence-corrected chi connectivity index (χ0v) is 65.7. The van der Waals surface area contributed by atoms with E-state index in [1.807, 2.05) is 74.2 Å². The SMILES string of the molecule is CC(C)N1CCOc2c(F)cc(-c3nc(Cc4ccc(N5CCN(CCO)CC5)cn4)ncc3F)cc21.CC(C)N1CCOc2c(F)cc(-c3nc(Cl)ncc3F)cc21.Nc1ccc(N2CCN(CCO)CC2)cn1.O=[N+]([O-])c1ccc(Br)cn1.O=[N+]([O-])c1ccc(N2CCN(CCO)CC2)cn1.OCCN1CCCCC1. The number of β-amino-alcohol motifs (C(OH)–C–C–N with tert-alkyl or cyclic N) is 4. The minimum absolute atomic E-state index is 0.0315. The molecule has 0 unspecified atom stereocenters. The quantitative estimate of drug-likeness (QED) is 0.0218. The van der Waals surface area contributed by atoms with E-state index in [-0.39, 0.29) is 71.7 Å². The van der Waals surface area contributed by atoms with Gasteiger partial charge in [-0.15, -0.1) is 0 Å². The van der Waals surface area contributed by atoms with Crippen LogP contribution in [0.1, 0.15) is 58.5 Å². The molecular formula is C76H98BrClF4N20O10. The highest BCUT2D eigenvalue weighted by atomic mass is 79.9. The molecule has 4 saturated heterocycles. The molecule has 6 aliphatic heterocycles. The molecule has 0 bridgehead atoms. The maximum atomic E-state index is 14.9. The number of aliphatic hydroxyl groups excluding tert-OH is 4. The van der Waals surface area contributed by atoms with Gasteiger partial charge < -0.3 is 85.3 Å². The Balaban J connectivity index is 0.000000165. The first-order valence-electron chi connectivity index (χ1n) is 37.3. The summed E-state index contributed by atoms with van der Waals surface area (Å²) in [6, 6.07) is 20.0. The molecule has 0 radical (unpaired) electrons. The number of nitrogens with zero attached hydrogens (tertiary/aromatic N) is 19. The van der Waals surface area contributed by atoms with E-state index in [0.29, 0.717) is 86.6 Å². The summed E-state index contributed by atoms with van der Waals surface area (Å²) in [5.74, 6) is -1.27. The molecule has 4 fully saturated rings. The molecule has 112 heavy (non-hydrogen) atoms. The van der Waals surface area contributed by atoms with Crippen molar-refractivity contribution in [2.45, 2.75) is 65.5 Å². The Hall–Kier alpha value is -9.43. The van der Waals surface area contributed by atoms with E-state index in [0.717, 1.165) is 131 Å². The third-order valence-corrected chi connectivity index (χ3v) is 19.8. The lowest BCUT2D eigenvalue weighted by Gasteiger charge is -2.35. The van der Waals surface area contributed by atoms with Crippen LogP contribution in [0, 0.1) is 43.5 Å². The Labute approximate surface area is 661 Å². The van der Waals surface area contributed by atoms with E-state index >= 15 is 0 Å². The topological polar surface area (TPSA) is 344 Å². The highest BCUT2D eigenvalue weighted by molar-refractivity contribution is 9.10. The summed E-state index contributed by atoms with van der Waals surface area (Å²) < 4.78 is 69.7. The van der Waals surface area contributed by atoms with Crippen LogP contribution in [0.15, 0.2) is 114 Å². The van der Waals surface area contributed by atoms with Crippen molar-refractivity contribution >= 4 is 73.4 Å². The van der Waals surface area contributed by atoms with Gasteiger partial charge >= 0.3 is 11.6 Å². The third-order valence-electron chi connectivity index (χ3n) is 19.2. The Morgan fingerprint density at radius 2 is 0.893 bits per heavy atom. The molecule has 0 aliphatic carbocycles. The van der Waals surface area contributed by atoms with E-state index in [1.54, 1.807) is 30.5 Å². The lowest BCUT2D eigenvalue weighted by atomic mass is 10.1. The number of nitrogen functional groups attached to an aromatic ring is 1. The molecule has 0 atom stereocenters. The van der Waals surface area contributed by atoms with Crippen LogP contribution in [0.5, 0.6) is 11.5 Å². The van der Waals surface area contributed by atoms with Gasteiger partial charge in [-0.2, -0.15) is 0 Å². The summed E-state index contributed by atoms with van der Waals surface area (Å²) in [6.07, 6.45) is 13.0. The van der Waals surface area contributed by atoms with Crippen LogP contribution in [-0.2, 0) is 6.42 Å². The van der Waals surface area contributed by atoms with E-state index in [2.05, 4.69) is 90.1 Å². The first kappa shape index (κ1) is 86.6. The van der Waals surface area contributed by atoms with Crippen LogP contribution in [-0.4, -0.2) is 272 Å². The third kappa shape index (κ3) is 25.3. The fourth-order valence-corrected chi connectivity index (χ4v) is 13.6. The number of ether oxygens (including phenoxy) is 2. The summed E-state index contributed by atoms with van der Waals surface area (Å²) in [5.41, 5.74) is 11.2. The Morgan fingerprint density at radius 1 is 0.482 bits per heavy atom. The number of aliphatic hydroxyl groups is 4. The van der Waals surface area contributed by atoms with Gasteiger partial charge in [-0.3, -0.25) is 19.7 Å². The van der Waals surface area contributed by atoms with Gasteiger partial charge in [-0.25, -0.2) is 42.5 Å². The van der Waals surface area contributed by atoms with Crippen molar-refractivity contribution in [2.24, 2.45) is 0 Å². The first-order chi connectivity index (χ1) is 54.0. The highest BCUT2D eigenvalue weighted by Gasteiger charge is 2.29. The van der Waals surface area contributed by atoms with Crippen molar-refractivity contribution in [2.75, 3.05) is 201 Å². The zero-order chi connectivity index (χ0) is 80.2. The van der Waals surface area contributed by atoms with Crippen LogP contribution in [0.25, 0.3) is 22.5 Å². The summed E-state index contributed by atoms with van der Waals surface area (Å²) in [7, 11) is 0. The summed E-state index contributed by atoms with van der Waals surface area (Å²) in [4.78, 5) is 71.3. The minimum atomic E-state index is -0.656. The fourth-order valence-electron chi connectivity index (χ4n) is 13.2. The summed E-state index contributed by atoms with van der Waals surface area (Å²) >= 11 is 8.82. The molecule has 36 heteroatoms. The number of benzene rings is 2. The second-order valence-corrected chi connectivity index (χ2v) is 28.6. The molecule has 604 valence electrons. The van der Waals surface area contributed by atoms with Crippen molar-refractivity contribution in [3.05, 3.63) is 175 Å². The van der Waals surface area contributed by atoms with Gasteiger partial charge in [0.15, 0.2) is 47.2 Å². The van der Waals surface area contributed by atoms with Gasteiger partial charge in [0, 0.05) is 146 Å². The van der Waals surface area contributed by atoms with Crippen LogP contribution in [0.3, 0.4) is 0 Å². The van der Waals surface area contributed by atoms with Crippen molar-refractivity contribution in [1.82, 2.24) is 59.5 Å². The monoisotopic (exact) mass is 1640 g/mol. The largest absolute Gasteiger partial charge is 0.486 e. The predicted molar refractivity (Wildman–Crippen MR) is 426 cm³/mol. The Bertz CT molecular complexity index is 4250. The van der Waals surface area contributed by atoms with Crippen molar-refractivity contribution in [3.8, 4) is 34.0 Å². The molecule has 2 aromatic carbocycles. The van der Waals surface area contributed by atoms with Crippen LogP contribution >= 0.6 is 27.5 Å². The van der Waals surface area contributed by atoms with Crippen molar-refractivity contribution in [3.63, 3.8) is 0 Å². The Kier molecular flexibility index (Phi) is 33.7. The number of piperazine rings is 3. The average Bonchev–Trinajstić information content (AvgIpc) is 0.782. The van der Waals surface area contributed by atoms with Gasteiger partial charge in [0.25, 0.3) is 0 Å². The average molecular weight is 1640 g/mol. The lowest BCUT2D eigenvalue weighted by molar-refractivity contribution is -0.389. The molecule has 6 aliphatic rings. The molecule has 6 aromatic heterocycles. The normalized spacial score (nSPS) is 15.9. The second kappa shape index (κ2) is 43.6. The molecular weight excluding hydrogens is 1540 g/mol. The number of nitro groups is 2. The van der Waals surface area contributed by atoms with E-state index in [9.17, 15) is 37.8 Å². The number of fused-ring (bicyclic) bond motifs is 2. The fraction of sp³-hybridized carbons (Fsp3) is 0.474. The van der Waals surface area contributed by atoms with Gasteiger partial charge in [0.2, 0.25) is 5.28 Å². The van der Waals surface area contributed by atoms with Crippen molar-refractivity contribution in [1.29, 1.82) is 0 Å². The molecule has 14 rings (SSSR count). The van der Waals surface area contributed by atoms with Crippen LogP contribution in [0.2, 0.25) is 5.28 Å². The van der Waals surface area contributed by atoms with Crippen LogP contribution < -0.4 is 39.7 Å². The Morgan fingerprint density at radius 3 is 1.29 bits per heavy atom. The maximum absolute atomic E-state index is 14.9. The first-order valence-corrected chi connectivity index (χ1v) is 38.5. The lowest BCUT2D eigenvalue weighted by Crippen LogP contribution is -2.47. The standard InChI is InChI=1S/C27H32F2N6O2.C15H14ClF2N3O.C11H16N4O3.C11H18N4O.C7H15NO.C5H3BrN2O2/c1-18(2)35-10-12-37-27-22(28)13-19(14-24(27)35)26-23(29)17-31-25(32-26)15-20-3-4-21(16-30-20)34-7-5-33(6-8-34)9-11-36;1-8(2)21-3-4-22-14-10(17)5-9(6-12(14)21)13-11(18)7-19-15(16)20-13;16-8-7-13-3-5-14(6-4-13)10-1-2-11(12-9-10)15(17)18;12-11-2-1-10(9-13-11)15-5-3-14(4-6-15)7-8-16;9-7-6-8-4-2-1-3-5-8;6-4-1-2-5(7-3-4)8(9)10/h3-4,13-14,16-18,36H,5-12,15H2,1-2H3;5-8H,3-4H2,1-2H3;1-2,9,16H,3-8H2;1-2,9,16H,3-8H2,(H2,12,13);9H,1-7H2;1-3H. The number of aromatic nitrogens is 8. The number of halogens is 6. The molecule has 6 N–H and O–H groups in total. The number of hydrogen-bond acceptors (Lipinski definition) is 28. The number of rotatable bonds is 19. The zero-order valence-electron chi connectivity index (χ0n) is 63.3. The molecule has 0 saturated carbocycles. The van der Waals surface area contributed by atoms with Gasteiger partial charge in [0.1, 0.15) is 36.2 Å².